The molecule has 15 heavy (non-hydrogen) atoms. The zero-order valence-corrected chi connectivity index (χ0v) is 10.6. The molecule has 1 aromatic carbocycles. The highest BCUT2D eigenvalue weighted by Gasteiger charge is 2.21. The van der Waals surface area contributed by atoms with Crippen LogP contribution < -0.4 is 5.73 Å². The van der Waals surface area contributed by atoms with Crippen LogP contribution in [-0.4, -0.2) is 26.8 Å². The van der Waals surface area contributed by atoms with Gasteiger partial charge in [-0.3, -0.25) is 0 Å². The van der Waals surface area contributed by atoms with Crippen LogP contribution >= 0.6 is 15.9 Å². The van der Waals surface area contributed by atoms with E-state index in [4.69, 9.17) is 5.73 Å². The molecule has 1 rings (SSSR count). The molecule has 84 valence electrons. The van der Waals surface area contributed by atoms with Gasteiger partial charge in [0.1, 0.15) is 5.82 Å². The van der Waals surface area contributed by atoms with Crippen molar-refractivity contribution in [3.05, 3.63) is 22.4 Å². The van der Waals surface area contributed by atoms with Crippen molar-refractivity contribution in [1.82, 2.24) is 4.31 Å². The fraction of sp³-hybridized carbons (Fsp3) is 0.250. The summed E-state index contributed by atoms with van der Waals surface area (Å²) in [7, 11) is -0.827. The van der Waals surface area contributed by atoms with E-state index in [1.807, 2.05) is 0 Å². The maximum atomic E-state index is 13.0. The summed E-state index contributed by atoms with van der Waals surface area (Å²) in [5.74, 6) is -0.653. The Kier molecular flexibility index (Phi) is 3.37. The van der Waals surface area contributed by atoms with Crippen LogP contribution in [-0.2, 0) is 10.0 Å². The molecule has 2 N–H and O–H groups in total. The zero-order chi connectivity index (χ0) is 11.8. The van der Waals surface area contributed by atoms with Crippen LogP contribution in [0.1, 0.15) is 0 Å². The summed E-state index contributed by atoms with van der Waals surface area (Å²) in [6, 6.07) is 2.13. The van der Waals surface area contributed by atoms with Gasteiger partial charge in [0.25, 0.3) is 0 Å². The summed E-state index contributed by atoms with van der Waals surface area (Å²) >= 11 is 2.98. The molecule has 0 spiro atoms. The van der Waals surface area contributed by atoms with E-state index in [9.17, 15) is 12.8 Å². The summed E-state index contributed by atoms with van der Waals surface area (Å²) in [5.41, 5.74) is 5.11. The van der Waals surface area contributed by atoms with E-state index in [1.165, 1.54) is 14.1 Å². The Morgan fingerprint density at radius 3 is 2.40 bits per heavy atom. The molecule has 4 nitrogen and oxygen atoms in total. The molecular weight excluding hydrogens is 287 g/mol. The van der Waals surface area contributed by atoms with Gasteiger partial charge in [0.2, 0.25) is 10.0 Å². The number of sulfonamides is 1. The Balaban J connectivity index is 3.46. The highest BCUT2D eigenvalue weighted by molar-refractivity contribution is 9.10. The standard InChI is InChI=1S/C8H10BrFN2O2S/c1-12(2)15(13,14)8-4-7(11)6(10)3-5(8)9/h3-4H,11H2,1-2H3. The fourth-order valence-electron chi connectivity index (χ4n) is 0.939. The summed E-state index contributed by atoms with van der Waals surface area (Å²) in [6.07, 6.45) is 0. The van der Waals surface area contributed by atoms with Gasteiger partial charge in [0.05, 0.1) is 10.6 Å². The number of hydrogen-bond acceptors (Lipinski definition) is 3. The van der Waals surface area contributed by atoms with Gasteiger partial charge in [-0.2, -0.15) is 0 Å². The van der Waals surface area contributed by atoms with Crippen LogP contribution in [0.2, 0.25) is 0 Å². The topological polar surface area (TPSA) is 63.4 Å². The second kappa shape index (κ2) is 4.07. The number of benzene rings is 1. The minimum Gasteiger partial charge on any atom is -0.396 e. The van der Waals surface area contributed by atoms with Crippen molar-refractivity contribution in [3.63, 3.8) is 0 Å². The van der Waals surface area contributed by atoms with Gasteiger partial charge in [-0.1, -0.05) is 0 Å². The van der Waals surface area contributed by atoms with Crippen LogP contribution in [0.25, 0.3) is 0 Å². The van der Waals surface area contributed by atoms with Crippen LogP contribution in [0.5, 0.6) is 0 Å². The van der Waals surface area contributed by atoms with Crippen molar-refractivity contribution in [2.75, 3.05) is 19.8 Å². The highest BCUT2D eigenvalue weighted by atomic mass is 79.9. The third-order valence-corrected chi connectivity index (χ3v) is 4.58. The predicted octanol–water partition coefficient (Wildman–Crippen LogP) is 1.42. The van der Waals surface area contributed by atoms with Gasteiger partial charge in [-0.15, -0.1) is 0 Å². The lowest BCUT2D eigenvalue weighted by Gasteiger charge is -2.13. The van der Waals surface area contributed by atoms with E-state index in [1.54, 1.807) is 0 Å². The summed E-state index contributed by atoms with van der Waals surface area (Å²) in [4.78, 5) is -0.0496. The third kappa shape index (κ3) is 2.30. The SMILES string of the molecule is CN(C)S(=O)(=O)c1cc(N)c(F)cc1Br. The highest BCUT2D eigenvalue weighted by Crippen LogP contribution is 2.28. The molecule has 0 aromatic heterocycles. The lowest BCUT2D eigenvalue weighted by atomic mass is 10.3. The number of hydrogen-bond donors (Lipinski definition) is 1. The van der Waals surface area contributed by atoms with Crippen molar-refractivity contribution in [3.8, 4) is 0 Å². The average Bonchev–Trinajstić information content (AvgIpc) is 2.10. The number of halogens is 2. The third-order valence-electron chi connectivity index (χ3n) is 1.81. The predicted molar refractivity (Wildman–Crippen MR) is 59.4 cm³/mol. The molecular formula is C8H10BrFN2O2S. The molecule has 0 amide bonds. The van der Waals surface area contributed by atoms with E-state index in [0.29, 0.717) is 0 Å². The molecule has 0 unspecified atom stereocenters. The molecule has 0 aliphatic carbocycles. The largest absolute Gasteiger partial charge is 0.396 e. The van der Waals surface area contributed by atoms with E-state index >= 15 is 0 Å². The first-order valence-corrected chi connectivity index (χ1v) is 6.17. The molecule has 0 fully saturated rings. The Labute approximate surface area is 96.1 Å². The lowest BCUT2D eigenvalue weighted by Crippen LogP contribution is -2.22. The molecule has 0 heterocycles. The first-order valence-electron chi connectivity index (χ1n) is 3.94. The summed E-state index contributed by atoms with van der Waals surface area (Å²) in [5, 5.41) is 0. The van der Waals surface area contributed by atoms with Crippen molar-refractivity contribution in [1.29, 1.82) is 0 Å². The lowest BCUT2D eigenvalue weighted by molar-refractivity contribution is 0.520. The van der Waals surface area contributed by atoms with Gasteiger partial charge in [-0.05, 0) is 28.1 Å². The normalized spacial score (nSPS) is 12.1. The smallest absolute Gasteiger partial charge is 0.243 e. The molecule has 0 atom stereocenters. The second-order valence-electron chi connectivity index (χ2n) is 3.09. The van der Waals surface area contributed by atoms with Crippen LogP contribution in [0, 0.1) is 5.82 Å². The van der Waals surface area contributed by atoms with E-state index in [2.05, 4.69) is 15.9 Å². The van der Waals surface area contributed by atoms with Crippen molar-refractivity contribution in [2.24, 2.45) is 0 Å². The van der Waals surface area contributed by atoms with E-state index in [-0.39, 0.29) is 15.1 Å². The number of rotatable bonds is 2. The zero-order valence-electron chi connectivity index (χ0n) is 8.16. The van der Waals surface area contributed by atoms with E-state index in [0.717, 1.165) is 16.4 Å². The number of nitrogens with two attached hydrogens (primary N) is 1. The van der Waals surface area contributed by atoms with Gasteiger partial charge in [0.15, 0.2) is 0 Å². The Hall–Kier alpha value is -0.660. The maximum absolute atomic E-state index is 13.0. The maximum Gasteiger partial charge on any atom is 0.243 e. The van der Waals surface area contributed by atoms with Gasteiger partial charge < -0.3 is 5.73 Å². The Morgan fingerprint density at radius 2 is 1.93 bits per heavy atom. The first kappa shape index (κ1) is 12.4. The summed E-state index contributed by atoms with van der Waals surface area (Å²) < 4.78 is 37.6. The molecule has 0 bridgehead atoms. The van der Waals surface area contributed by atoms with Crippen molar-refractivity contribution in [2.45, 2.75) is 4.90 Å². The monoisotopic (exact) mass is 296 g/mol. The minimum atomic E-state index is -3.61. The molecule has 0 aliphatic rings. The molecule has 7 heteroatoms. The Bertz CT molecular complexity index is 488. The molecule has 1 aromatic rings. The van der Waals surface area contributed by atoms with Crippen molar-refractivity contribution < 1.29 is 12.8 Å². The molecule has 0 aliphatic heterocycles. The molecule has 0 radical (unpaired) electrons. The van der Waals surface area contributed by atoms with Gasteiger partial charge in [-0.25, -0.2) is 17.1 Å². The first-order chi connectivity index (χ1) is 6.76. The Morgan fingerprint density at radius 1 is 1.40 bits per heavy atom. The van der Waals surface area contributed by atoms with Crippen LogP contribution in [0.4, 0.5) is 10.1 Å². The molecule has 0 saturated carbocycles. The van der Waals surface area contributed by atoms with Crippen LogP contribution in [0.15, 0.2) is 21.5 Å². The number of anilines is 1. The second-order valence-corrected chi connectivity index (χ2v) is 6.07. The quantitative estimate of drug-likeness (QED) is 0.840. The number of nitrogens with zero attached hydrogens (tertiary/aromatic N) is 1. The number of nitrogen functional groups attached to an aromatic ring is 1. The average molecular weight is 297 g/mol. The van der Waals surface area contributed by atoms with E-state index < -0.39 is 15.8 Å². The van der Waals surface area contributed by atoms with Crippen LogP contribution in [0.3, 0.4) is 0 Å². The molecule has 0 saturated heterocycles. The fourth-order valence-corrected chi connectivity index (χ4v) is 2.84. The minimum absolute atomic E-state index is 0.0496. The van der Waals surface area contributed by atoms with Crippen molar-refractivity contribution >= 4 is 31.6 Å². The van der Waals surface area contributed by atoms with Gasteiger partial charge >= 0.3 is 0 Å². The summed E-state index contributed by atoms with van der Waals surface area (Å²) in [6.45, 7) is 0. The van der Waals surface area contributed by atoms with Gasteiger partial charge in [0, 0.05) is 18.6 Å².